The molecule has 1 aromatic rings. The second kappa shape index (κ2) is 4.75. The summed E-state index contributed by atoms with van der Waals surface area (Å²) < 4.78 is 5.26. The Morgan fingerprint density at radius 3 is 3.11 bits per heavy atom. The Labute approximate surface area is 104 Å². The molecule has 0 radical (unpaired) electrons. The summed E-state index contributed by atoms with van der Waals surface area (Å²) in [5.41, 5.74) is 1.13. The fourth-order valence-electron chi connectivity index (χ4n) is 1.63. The summed E-state index contributed by atoms with van der Waals surface area (Å²) in [5, 5.41) is 11.0. The van der Waals surface area contributed by atoms with Crippen molar-refractivity contribution in [2.75, 3.05) is 23.9 Å². The molecular weight excluding hydrogens is 234 g/mol. The third-order valence-electron chi connectivity index (χ3n) is 2.57. The quantitative estimate of drug-likeness (QED) is 0.838. The molecule has 0 aliphatic carbocycles. The van der Waals surface area contributed by atoms with Crippen LogP contribution in [-0.2, 0) is 9.59 Å². The number of rotatable bonds is 2. The van der Waals surface area contributed by atoms with Gasteiger partial charge in [-0.2, -0.15) is 5.26 Å². The molecule has 0 unspecified atom stereocenters. The van der Waals surface area contributed by atoms with E-state index in [-0.39, 0.29) is 24.8 Å². The lowest BCUT2D eigenvalue weighted by molar-refractivity contribution is -0.121. The number of nitrogens with zero attached hydrogens (tertiary/aromatic N) is 2. The van der Waals surface area contributed by atoms with Crippen molar-refractivity contribution in [1.29, 1.82) is 5.26 Å². The molecule has 0 spiro atoms. The molecule has 18 heavy (non-hydrogen) atoms. The lowest BCUT2D eigenvalue weighted by Gasteiger charge is -2.26. The maximum absolute atomic E-state index is 11.5. The van der Waals surface area contributed by atoms with E-state index in [1.165, 1.54) is 4.90 Å². The number of fused-ring (bicyclic) bond motifs is 1. The van der Waals surface area contributed by atoms with Crippen LogP contribution in [0.15, 0.2) is 18.2 Å². The van der Waals surface area contributed by atoms with E-state index in [1.54, 1.807) is 31.3 Å². The maximum Gasteiger partial charge on any atom is 0.264 e. The number of nitriles is 1. The van der Waals surface area contributed by atoms with E-state index in [4.69, 9.17) is 10.00 Å². The van der Waals surface area contributed by atoms with E-state index in [0.717, 1.165) is 0 Å². The zero-order valence-corrected chi connectivity index (χ0v) is 9.77. The molecule has 0 fully saturated rings. The van der Waals surface area contributed by atoms with Crippen LogP contribution in [0.3, 0.4) is 0 Å². The molecule has 1 aliphatic heterocycles. The number of hydrogen-bond acceptors (Lipinski definition) is 4. The highest BCUT2D eigenvalue weighted by atomic mass is 16.5. The molecule has 2 rings (SSSR count). The number of nitrogens with one attached hydrogen (secondary N) is 1. The average Bonchev–Trinajstić information content (AvgIpc) is 2.35. The molecular formula is C12H11N3O3. The van der Waals surface area contributed by atoms with Crippen molar-refractivity contribution < 1.29 is 14.3 Å². The molecule has 2 amide bonds. The number of carbonyl (C=O) groups is 2. The van der Waals surface area contributed by atoms with Gasteiger partial charge in [0.05, 0.1) is 11.8 Å². The van der Waals surface area contributed by atoms with Gasteiger partial charge in [-0.3, -0.25) is 9.59 Å². The lowest BCUT2D eigenvalue weighted by Crippen LogP contribution is -2.35. The van der Waals surface area contributed by atoms with Crippen LogP contribution in [0.2, 0.25) is 0 Å². The summed E-state index contributed by atoms with van der Waals surface area (Å²) in [5.74, 6) is 0.0570. The largest absolute Gasteiger partial charge is 0.482 e. The highest BCUT2D eigenvalue weighted by molar-refractivity contribution is 5.99. The monoisotopic (exact) mass is 245 g/mol. The Kier molecular flexibility index (Phi) is 3.15. The summed E-state index contributed by atoms with van der Waals surface area (Å²) in [4.78, 5) is 24.2. The Balaban J connectivity index is 2.24. The van der Waals surface area contributed by atoms with Crippen LogP contribution in [0.1, 0.15) is 6.42 Å². The van der Waals surface area contributed by atoms with Gasteiger partial charge in [0.15, 0.2) is 6.61 Å². The second-order valence-corrected chi connectivity index (χ2v) is 3.81. The fourth-order valence-corrected chi connectivity index (χ4v) is 1.63. The zero-order valence-electron chi connectivity index (χ0n) is 9.77. The van der Waals surface area contributed by atoms with E-state index in [2.05, 4.69) is 5.32 Å². The molecule has 0 saturated heterocycles. The van der Waals surface area contributed by atoms with Gasteiger partial charge in [0.25, 0.3) is 5.91 Å². The van der Waals surface area contributed by atoms with Gasteiger partial charge in [0.2, 0.25) is 5.91 Å². The van der Waals surface area contributed by atoms with Crippen molar-refractivity contribution in [3.63, 3.8) is 0 Å². The van der Waals surface area contributed by atoms with Crippen LogP contribution >= 0.6 is 0 Å². The Morgan fingerprint density at radius 2 is 2.39 bits per heavy atom. The second-order valence-electron chi connectivity index (χ2n) is 3.81. The third kappa shape index (κ3) is 2.25. The summed E-state index contributed by atoms with van der Waals surface area (Å²) in [7, 11) is 1.64. The maximum atomic E-state index is 11.5. The molecule has 1 aromatic carbocycles. The molecule has 0 atom stereocenters. The minimum absolute atomic E-state index is 0.0175. The smallest absolute Gasteiger partial charge is 0.264 e. The van der Waals surface area contributed by atoms with Crippen molar-refractivity contribution in [1.82, 2.24) is 0 Å². The SMILES string of the molecule is CN1C(=O)COc2ccc(NC(=O)CC#N)cc21. The molecule has 1 aliphatic rings. The minimum atomic E-state index is -0.386. The summed E-state index contributed by atoms with van der Waals surface area (Å²) in [6.07, 6.45) is -0.206. The van der Waals surface area contributed by atoms with Crippen LogP contribution in [0, 0.1) is 11.3 Å². The van der Waals surface area contributed by atoms with Gasteiger partial charge in [0.1, 0.15) is 12.2 Å². The Morgan fingerprint density at radius 1 is 1.61 bits per heavy atom. The van der Waals surface area contributed by atoms with E-state index in [1.807, 2.05) is 0 Å². The Bertz CT molecular complexity index is 548. The van der Waals surface area contributed by atoms with Crippen molar-refractivity contribution >= 4 is 23.2 Å². The van der Waals surface area contributed by atoms with Gasteiger partial charge < -0.3 is 15.0 Å². The van der Waals surface area contributed by atoms with E-state index in [0.29, 0.717) is 17.1 Å². The van der Waals surface area contributed by atoms with E-state index in [9.17, 15) is 9.59 Å². The standard InChI is InChI=1S/C12H11N3O3/c1-15-9-6-8(14-11(16)4-5-13)2-3-10(9)18-7-12(15)17/h2-3,6H,4,7H2,1H3,(H,14,16). The number of benzene rings is 1. The first-order valence-electron chi connectivity index (χ1n) is 5.32. The number of hydrogen-bond donors (Lipinski definition) is 1. The van der Waals surface area contributed by atoms with Crippen molar-refractivity contribution in [3.05, 3.63) is 18.2 Å². The van der Waals surface area contributed by atoms with Crippen molar-refractivity contribution in [2.45, 2.75) is 6.42 Å². The molecule has 1 N–H and O–H groups in total. The predicted octanol–water partition coefficient (Wildman–Crippen LogP) is 0.894. The fraction of sp³-hybridized carbons (Fsp3) is 0.250. The van der Waals surface area contributed by atoms with Gasteiger partial charge in [-0.25, -0.2) is 0 Å². The number of likely N-dealkylation sites (N-methyl/N-ethyl adjacent to an activating group) is 1. The van der Waals surface area contributed by atoms with Crippen LogP contribution in [0.4, 0.5) is 11.4 Å². The van der Waals surface area contributed by atoms with Crippen LogP contribution in [0.25, 0.3) is 0 Å². The van der Waals surface area contributed by atoms with Gasteiger partial charge in [-0.05, 0) is 18.2 Å². The predicted molar refractivity (Wildman–Crippen MR) is 64.2 cm³/mol. The first-order valence-corrected chi connectivity index (χ1v) is 5.32. The number of amides is 2. The average molecular weight is 245 g/mol. The summed E-state index contributed by atoms with van der Waals surface area (Å²) in [6.45, 7) is 0.0175. The molecule has 0 bridgehead atoms. The molecule has 0 saturated carbocycles. The Hall–Kier alpha value is -2.55. The number of anilines is 2. The van der Waals surface area contributed by atoms with Crippen molar-refractivity contribution in [2.24, 2.45) is 0 Å². The highest BCUT2D eigenvalue weighted by Crippen LogP contribution is 2.33. The normalized spacial score (nSPS) is 13.3. The third-order valence-corrected chi connectivity index (χ3v) is 2.57. The van der Waals surface area contributed by atoms with E-state index < -0.39 is 0 Å². The first kappa shape index (κ1) is 11.9. The molecule has 0 aromatic heterocycles. The summed E-state index contributed by atoms with van der Waals surface area (Å²) >= 11 is 0. The van der Waals surface area contributed by atoms with Gasteiger partial charge in [0, 0.05) is 12.7 Å². The highest BCUT2D eigenvalue weighted by Gasteiger charge is 2.22. The molecule has 1 heterocycles. The zero-order chi connectivity index (χ0) is 13.1. The number of ether oxygens (including phenoxy) is 1. The van der Waals surface area contributed by atoms with Crippen molar-refractivity contribution in [3.8, 4) is 11.8 Å². The van der Waals surface area contributed by atoms with Gasteiger partial charge in [-0.15, -0.1) is 0 Å². The first-order chi connectivity index (χ1) is 8.61. The van der Waals surface area contributed by atoms with E-state index >= 15 is 0 Å². The van der Waals surface area contributed by atoms with Crippen LogP contribution in [-0.4, -0.2) is 25.5 Å². The molecule has 92 valence electrons. The minimum Gasteiger partial charge on any atom is -0.482 e. The van der Waals surface area contributed by atoms with Crippen LogP contribution in [0.5, 0.6) is 5.75 Å². The molecule has 6 nitrogen and oxygen atoms in total. The molecule has 6 heteroatoms. The lowest BCUT2D eigenvalue weighted by atomic mass is 10.2. The number of carbonyl (C=O) groups excluding carboxylic acids is 2. The van der Waals surface area contributed by atoms with Gasteiger partial charge >= 0.3 is 0 Å². The van der Waals surface area contributed by atoms with Crippen LogP contribution < -0.4 is 15.0 Å². The van der Waals surface area contributed by atoms with Gasteiger partial charge in [-0.1, -0.05) is 0 Å². The topological polar surface area (TPSA) is 82.4 Å². The summed E-state index contributed by atoms with van der Waals surface area (Å²) in [6, 6.07) is 6.75.